The van der Waals surface area contributed by atoms with Gasteiger partial charge in [0.1, 0.15) is 30.5 Å². The van der Waals surface area contributed by atoms with Crippen molar-refractivity contribution in [2.75, 3.05) is 0 Å². The SMILES string of the molecule is C=C1C(OC(C)=O)C(OCc2ccccc2)C(OC(C)=O)C(C)(C)C2OC(O)(C(C)C2=O)C2(OC(C)=O)CC(C)C(OC(C)=O)C2C1OC(C)=O. The molecular formula is C37H48O14. The minimum absolute atomic E-state index is 0.115. The van der Waals surface area contributed by atoms with Crippen molar-refractivity contribution < 1.29 is 67.0 Å². The molecule has 1 aromatic rings. The van der Waals surface area contributed by atoms with Gasteiger partial charge in [0.25, 0.3) is 0 Å². The fourth-order valence-electron chi connectivity index (χ4n) is 8.04. The predicted octanol–water partition coefficient (Wildman–Crippen LogP) is 3.15. The highest BCUT2D eigenvalue weighted by Gasteiger charge is 2.77. The van der Waals surface area contributed by atoms with Gasteiger partial charge in [-0.1, -0.05) is 64.6 Å². The van der Waals surface area contributed by atoms with E-state index in [0.717, 1.165) is 34.6 Å². The minimum Gasteiger partial charge on any atom is -0.462 e. The lowest BCUT2D eigenvalue weighted by atomic mass is 9.68. The molecule has 1 N–H and O–H groups in total. The van der Waals surface area contributed by atoms with E-state index in [9.17, 15) is 33.9 Å². The maximum absolute atomic E-state index is 14.4. The lowest BCUT2D eigenvalue weighted by molar-refractivity contribution is -0.334. The lowest BCUT2D eigenvalue weighted by Gasteiger charge is -2.49. The van der Waals surface area contributed by atoms with Gasteiger partial charge in [0.2, 0.25) is 5.79 Å². The van der Waals surface area contributed by atoms with Crippen molar-refractivity contribution in [3.8, 4) is 0 Å². The number of hydrogen-bond donors (Lipinski definition) is 1. The van der Waals surface area contributed by atoms with Crippen LogP contribution in [0.4, 0.5) is 0 Å². The minimum atomic E-state index is -2.63. The molecule has 0 aromatic heterocycles. The van der Waals surface area contributed by atoms with Gasteiger partial charge < -0.3 is 38.3 Å². The fraction of sp³-hybridized carbons (Fsp3) is 0.622. The van der Waals surface area contributed by atoms with Crippen molar-refractivity contribution in [1.29, 1.82) is 0 Å². The summed E-state index contributed by atoms with van der Waals surface area (Å²) >= 11 is 0. The molecule has 14 nitrogen and oxygen atoms in total. The smallest absolute Gasteiger partial charge is 0.303 e. The summed E-state index contributed by atoms with van der Waals surface area (Å²) in [5, 5.41) is 12.8. The summed E-state index contributed by atoms with van der Waals surface area (Å²) in [4.78, 5) is 78.7. The average Bonchev–Trinajstić information content (AvgIpc) is 3.43. The topological polar surface area (TPSA) is 187 Å². The second-order valence-electron chi connectivity index (χ2n) is 14.3. The number of rotatable bonds is 8. The van der Waals surface area contributed by atoms with Crippen molar-refractivity contribution in [3.63, 3.8) is 0 Å². The molecule has 1 saturated carbocycles. The molecule has 2 heterocycles. The summed E-state index contributed by atoms with van der Waals surface area (Å²) in [5.41, 5.74) is -3.25. The van der Waals surface area contributed by atoms with Gasteiger partial charge in [0.05, 0.1) is 18.4 Å². The Morgan fingerprint density at radius 2 is 1.37 bits per heavy atom. The van der Waals surface area contributed by atoms with E-state index in [2.05, 4.69) is 6.58 Å². The Bertz CT molecular complexity index is 1550. The number of fused-ring (bicyclic) bond motifs is 4. The van der Waals surface area contributed by atoms with Crippen molar-refractivity contribution in [2.45, 2.75) is 123 Å². The van der Waals surface area contributed by atoms with Crippen LogP contribution in [0.15, 0.2) is 42.5 Å². The zero-order valence-electron chi connectivity index (χ0n) is 30.5. The van der Waals surface area contributed by atoms with Gasteiger partial charge in [0.15, 0.2) is 17.5 Å². The third-order valence-electron chi connectivity index (χ3n) is 10.1. The molecule has 2 saturated heterocycles. The molecule has 11 atom stereocenters. The second kappa shape index (κ2) is 14.8. The molecule has 2 aliphatic heterocycles. The zero-order valence-corrected chi connectivity index (χ0v) is 30.5. The van der Waals surface area contributed by atoms with E-state index in [-0.39, 0.29) is 18.6 Å². The maximum Gasteiger partial charge on any atom is 0.303 e. The number of ketones is 1. The summed E-state index contributed by atoms with van der Waals surface area (Å²) in [7, 11) is 0. The van der Waals surface area contributed by atoms with E-state index >= 15 is 0 Å². The Balaban J connectivity index is 2.13. The third-order valence-corrected chi connectivity index (χ3v) is 10.1. The third kappa shape index (κ3) is 7.44. The van der Waals surface area contributed by atoms with Crippen LogP contribution in [-0.2, 0) is 68.5 Å². The van der Waals surface area contributed by atoms with Crippen LogP contribution in [0, 0.1) is 23.2 Å². The van der Waals surface area contributed by atoms with Crippen molar-refractivity contribution in [3.05, 3.63) is 48.0 Å². The first-order chi connectivity index (χ1) is 23.7. The van der Waals surface area contributed by atoms with Gasteiger partial charge in [-0.3, -0.25) is 28.8 Å². The number of hydrogen-bond acceptors (Lipinski definition) is 14. The van der Waals surface area contributed by atoms with Gasteiger partial charge >= 0.3 is 29.8 Å². The van der Waals surface area contributed by atoms with E-state index in [1.54, 1.807) is 51.1 Å². The highest BCUT2D eigenvalue weighted by molar-refractivity contribution is 5.89. The van der Waals surface area contributed by atoms with Crippen LogP contribution in [0.5, 0.6) is 0 Å². The first-order valence-corrected chi connectivity index (χ1v) is 16.8. The Morgan fingerprint density at radius 3 is 1.90 bits per heavy atom. The molecule has 0 amide bonds. The molecule has 3 fully saturated rings. The molecule has 3 aliphatic rings. The Kier molecular flexibility index (Phi) is 11.5. The number of Topliss-reactive ketones (excluding diaryl/α,β-unsaturated/α-hetero) is 1. The number of aliphatic hydroxyl groups is 1. The molecule has 4 rings (SSSR count). The van der Waals surface area contributed by atoms with Gasteiger partial charge in [-0.25, -0.2) is 0 Å². The van der Waals surface area contributed by atoms with E-state index in [4.69, 9.17) is 33.2 Å². The number of benzene rings is 1. The Labute approximate surface area is 297 Å². The zero-order chi connectivity index (χ0) is 38.2. The summed E-state index contributed by atoms with van der Waals surface area (Å²) < 4.78 is 42.6. The predicted molar refractivity (Wildman–Crippen MR) is 176 cm³/mol. The van der Waals surface area contributed by atoms with Crippen LogP contribution in [0.2, 0.25) is 0 Å². The molecule has 0 radical (unpaired) electrons. The number of esters is 5. The second-order valence-corrected chi connectivity index (χ2v) is 14.3. The van der Waals surface area contributed by atoms with Crippen LogP contribution in [0.25, 0.3) is 0 Å². The van der Waals surface area contributed by atoms with Crippen LogP contribution in [0.1, 0.15) is 74.3 Å². The molecule has 11 unspecified atom stereocenters. The van der Waals surface area contributed by atoms with Crippen molar-refractivity contribution in [2.24, 2.45) is 23.2 Å². The largest absolute Gasteiger partial charge is 0.462 e. The highest BCUT2D eigenvalue weighted by Crippen LogP contribution is 2.60. The standard InChI is InChI=1S/C37H48O14/c1-18-16-36(50-25(8)42)27(29(18)46-21(4)38)30(47-22(5)39)19(2)31(48-23(6)40)32(45-17-26-14-12-11-13-15-26)34(49-24(7)41)35(9,10)33-28(43)20(3)37(36,44)51-33/h11-15,18,20,27,29-34,44H,2,16-17H2,1,3-10H3. The summed E-state index contributed by atoms with van der Waals surface area (Å²) in [5.74, 6) is -11.0. The Hall–Kier alpha value is -4.14. The normalized spacial score (nSPS) is 35.8. The first kappa shape index (κ1) is 39.6. The highest BCUT2D eigenvalue weighted by atomic mass is 16.7. The molecule has 1 aromatic carbocycles. The van der Waals surface area contributed by atoms with Crippen molar-refractivity contribution in [1.82, 2.24) is 0 Å². The molecule has 51 heavy (non-hydrogen) atoms. The number of carbonyl (C=O) groups excluding carboxylic acids is 6. The van der Waals surface area contributed by atoms with Crippen LogP contribution in [0.3, 0.4) is 0 Å². The number of ether oxygens (including phenoxy) is 7. The van der Waals surface area contributed by atoms with Gasteiger partial charge in [-0.2, -0.15) is 0 Å². The van der Waals surface area contributed by atoms with Crippen LogP contribution >= 0.6 is 0 Å². The van der Waals surface area contributed by atoms with Crippen molar-refractivity contribution >= 4 is 35.6 Å². The molecule has 14 heteroatoms. The summed E-state index contributed by atoms with van der Waals surface area (Å²) in [6, 6.07) is 8.91. The van der Waals surface area contributed by atoms with Gasteiger partial charge in [-0.15, -0.1) is 0 Å². The van der Waals surface area contributed by atoms with E-state index in [1.807, 2.05) is 0 Å². The summed E-state index contributed by atoms with van der Waals surface area (Å²) in [6.07, 6.45) is -9.16. The fourth-order valence-corrected chi connectivity index (χ4v) is 8.04. The molecule has 280 valence electrons. The lowest BCUT2D eigenvalue weighted by Crippen LogP contribution is -2.66. The summed E-state index contributed by atoms with van der Waals surface area (Å²) in [6.45, 7) is 15.9. The molecule has 2 bridgehead atoms. The molecular weight excluding hydrogens is 668 g/mol. The van der Waals surface area contributed by atoms with Crippen LogP contribution in [-0.4, -0.2) is 88.7 Å². The quantitative estimate of drug-likeness (QED) is 0.235. The molecule has 1 aliphatic carbocycles. The maximum atomic E-state index is 14.4. The first-order valence-electron chi connectivity index (χ1n) is 16.8. The number of carbonyl (C=O) groups is 6. The average molecular weight is 717 g/mol. The van der Waals surface area contributed by atoms with Gasteiger partial charge in [0, 0.05) is 45.6 Å². The van der Waals surface area contributed by atoms with E-state index < -0.39 is 107 Å². The Morgan fingerprint density at radius 1 is 0.824 bits per heavy atom. The van der Waals surface area contributed by atoms with Gasteiger partial charge in [-0.05, 0) is 17.9 Å². The van der Waals surface area contributed by atoms with E-state index in [1.165, 1.54) is 6.92 Å². The monoisotopic (exact) mass is 716 g/mol. The van der Waals surface area contributed by atoms with E-state index in [0.29, 0.717) is 5.56 Å². The van der Waals surface area contributed by atoms with Crippen LogP contribution < -0.4 is 0 Å². The molecule has 0 spiro atoms.